The first-order valence-electron chi connectivity index (χ1n) is 8.92. The lowest BCUT2D eigenvalue weighted by atomic mass is 10.1. The number of hydrogen-bond acceptors (Lipinski definition) is 5. The van der Waals surface area contributed by atoms with Gasteiger partial charge in [-0.3, -0.25) is 4.79 Å². The predicted molar refractivity (Wildman–Crippen MR) is 118 cm³/mol. The van der Waals surface area contributed by atoms with E-state index in [0.29, 0.717) is 0 Å². The highest BCUT2D eigenvalue weighted by molar-refractivity contribution is 7.08. The first kappa shape index (κ1) is 18.0. The molecule has 6 heteroatoms. The second kappa shape index (κ2) is 7.70. The zero-order valence-electron chi connectivity index (χ0n) is 15.6. The molecule has 5 nitrogen and oxygen atoms in total. The fourth-order valence-corrected chi connectivity index (χ4v) is 3.71. The maximum atomic E-state index is 11.3. The Balaban J connectivity index is 1.72. The van der Waals surface area contributed by atoms with Crippen LogP contribution in [-0.2, 0) is 4.79 Å². The second-order valence-electron chi connectivity index (χ2n) is 6.54. The van der Waals surface area contributed by atoms with E-state index in [1.54, 1.807) is 17.5 Å². The summed E-state index contributed by atoms with van der Waals surface area (Å²) in [4.78, 5) is 15.8. The van der Waals surface area contributed by atoms with Crippen LogP contribution < -0.4 is 16.0 Å². The van der Waals surface area contributed by atoms with Crippen LogP contribution >= 0.6 is 11.3 Å². The number of fused-ring (bicyclic) bond motifs is 1. The van der Waals surface area contributed by atoms with Crippen molar-refractivity contribution in [2.75, 3.05) is 16.0 Å². The average Bonchev–Trinajstić information content (AvgIpc) is 3.17. The third-order valence-corrected chi connectivity index (χ3v) is 5.07. The van der Waals surface area contributed by atoms with Gasteiger partial charge in [-0.2, -0.15) is 11.3 Å². The number of benzene rings is 2. The van der Waals surface area contributed by atoms with Crippen molar-refractivity contribution in [3.05, 3.63) is 71.1 Å². The van der Waals surface area contributed by atoms with Gasteiger partial charge in [0, 0.05) is 52.0 Å². The summed E-state index contributed by atoms with van der Waals surface area (Å²) in [5.74, 6) is 0.672. The van der Waals surface area contributed by atoms with Gasteiger partial charge in [-0.05, 0) is 48.2 Å². The maximum absolute atomic E-state index is 11.3. The summed E-state index contributed by atoms with van der Waals surface area (Å²) < 4.78 is 0. The van der Waals surface area contributed by atoms with E-state index < -0.39 is 0 Å². The van der Waals surface area contributed by atoms with E-state index in [4.69, 9.17) is 0 Å². The molecule has 0 fully saturated rings. The fourth-order valence-electron chi connectivity index (χ4n) is 3.12. The number of nitrogens with zero attached hydrogens (tertiary/aromatic N) is 1. The van der Waals surface area contributed by atoms with Gasteiger partial charge in [0.2, 0.25) is 5.91 Å². The highest BCUT2D eigenvalue weighted by Gasteiger charge is 2.10. The monoisotopic (exact) mass is 388 g/mol. The first-order valence-corrected chi connectivity index (χ1v) is 9.86. The van der Waals surface area contributed by atoms with Crippen LogP contribution in [0.2, 0.25) is 0 Å². The Bertz CT molecular complexity index is 1140. The summed E-state index contributed by atoms with van der Waals surface area (Å²) >= 11 is 1.66. The summed E-state index contributed by atoms with van der Waals surface area (Å²) in [6.45, 7) is 3.59. The molecule has 28 heavy (non-hydrogen) atoms. The van der Waals surface area contributed by atoms with Gasteiger partial charge in [-0.1, -0.05) is 18.2 Å². The molecule has 3 N–H and O–H groups in total. The lowest BCUT2D eigenvalue weighted by molar-refractivity contribution is -0.114. The third-order valence-electron chi connectivity index (χ3n) is 4.39. The number of nitrogens with one attached hydrogen (secondary N) is 3. The van der Waals surface area contributed by atoms with E-state index in [2.05, 4.69) is 56.8 Å². The van der Waals surface area contributed by atoms with Crippen molar-refractivity contribution in [1.29, 1.82) is 0 Å². The van der Waals surface area contributed by atoms with Gasteiger partial charge in [-0.15, -0.1) is 0 Å². The molecular formula is C22H20N4OS. The molecule has 2 aromatic carbocycles. The van der Waals surface area contributed by atoms with Crippen molar-refractivity contribution in [3.63, 3.8) is 0 Å². The number of carbonyl (C=O) groups is 1. The summed E-state index contributed by atoms with van der Waals surface area (Å²) in [6, 6.07) is 15.9. The molecule has 0 aliphatic rings. The summed E-state index contributed by atoms with van der Waals surface area (Å²) in [6.07, 6.45) is 1.81. The molecule has 1 amide bonds. The largest absolute Gasteiger partial charge is 0.354 e. The van der Waals surface area contributed by atoms with E-state index in [1.807, 2.05) is 30.3 Å². The first-order chi connectivity index (χ1) is 13.6. The Morgan fingerprint density at radius 3 is 2.61 bits per heavy atom. The minimum atomic E-state index is -0.0972. The van der Waals surface area contributed by atoms with Crippen LogP contribution in [0.4, 0.5) is 28.6 Å². The Morgan fingerprint density at radius 1 is 0.964 bits per heavy atom. The van der Waals surface area contributed by atoms with Crippen molar-refractivity contribution in [3.8, 4) is 0 Å². The topological polar surface area (TPSA) is 66.0 Å². The molecule has 0 saturated heterocycles. The highest BCUT2D eigenvalue weighted by Crippen LogP contribution is 2.34. The van der Waals surface area contributed by atoms with Crippen LogP contribution in [0.3, 0.4) is 0 Å². The van der Waals surface area contributed by atoms with Gasteiger partial charge < -0.3 is 16.0 Å². The van der Waals surface area contributed by atoms with E-state index in [9.17, 15) is 4.79 Å². The number of carbonyl (C=O) groups excluding carboxylic acids is 1. The Morgan fingerprint density at radius 2 is 1.82 bits per heavy atom. The van der Waals surface area contributed by atoms with Crippen LogP contribution in [-0.4, -0.2) is 10.9 Å². The number of rotatable bonds is 5. The number of anilines is 5. The smallest absolute Gasteiger partial charge is 0.221 e. The standard InChI is InChI=1S/C22H20N4OS/c1-14-6-7-20-19(21(14)25-18-9-11-28-13-18)8-10-23-22(20)26-17-5-3-4-16(12-17)24-15(2)27/h3-13,25H,1-2H3,(H,23,26)(H,24,27). The van der Waals surface area contributed by atoms with E-state index >= 15 is 0 Å². The average molecular weight is 388 g/mol. The normalized spacial score (nSPS) is 10.6. The summed E-state index contributed by atoms with van der Waals surface area (Å²) in [5, 5.41) is 16.0. The molecule has 0 aliphatic heterocycles. The van der Waals surface area contributed by atoms with Crippen LogP contribution in [0.1, 0.15) is 12.5 Å². The quantitative estimate of drug-likeness (QED) is 0.389. The fraction of sp³-hybridized carbons (Fsp3) is 0.0909. The second-order valence-corrected chi connectivity index (χ2v) is 7.32. The molecule has 0 aliphatic carbocycles. The highest BCUT2D eigenvalue weighted by atomic mass is 32.1. The lowest BCUT2D eigenvalue weighted by Crippen LogP contribution is -2.06. The van der Waals surface area contributed by atoms with E-state index in [1.165, 1.54) is 12.5 Å². The SMILES string of the molecule is CC(=O)Nc1cccc(Nc2nccc3c(Nc4ccsc4)c(C)ccc23)c1. The van der Waals surface area contributed by atoms with Crippen molar-refractivity contribution in [2.24, 2.45) is 0 Å². The molecule has 2 aromatic heterocycles. The number of pyridine rings is 1. The third kappa shape index (κ3) is 3.82. The minimum absolute atomic E-state index is 0.0972. The zero-order chi connectivity index (χ0) is 19.5. The van der Waals surface area contributed by atoms with Crippen molar-refractivity contribution >= 4 is 56.6 Å². The number of thiophene rings is 1. The van der Waals surface area contributed by atoms with Crippen LogP contribution in [0.15, 0.2) is 65.5 Å². The Labute approximate surface area is 167 Å². The maximum Gasteiger partial charge on any atom is 0.221 e. The van der Waals surface area contributed by atoms with E-state index in [-0.39, 0.29) is 5.91 Å². The lowest BCUT2D eigenvalue weighted by Gasteiger charge is -2.15. The Kier molecular flexibility index (Phi) is 4.95. The van der Waals surface area contributed by atoms with Crippen LogP contribution in [0.5, 0.6) is 0 Å². The van der Waals surface area contributed by atoms with Gasteiger partial charge in [0.15, 0.2) is 0 Å². The van der Waals surface area contributed by atoms with Gasteiger partial charge in [0.1, 0.15) is 5.82 Å². The molecule has 0 saturated carbocycles. The van der Waals surface area contributed by atoms with Crippen molar-refractivity contribution in [2.45, 2.75) is 13.8 Å². The summed E-state index contributed by atoms with van der Waals surface area (Å²) in [5.41, 5.74) is 4.93. The van der Waals surface area contributed by atoms with Crippen molar-refractivity contribution < 1.29 is 4.79 Å². The molecule has 0 atom stereocenters. The minimum Gasteiger partial charge on any atom is -0.354 e. The molecule has 2 heterocycles. The van der Waals surface area contributed by atoms with Gasteiger partial charge in [0.25, 0.3) is 0 Å². The molecule has 0 spiro atoms. The molecule has 4 aromatic rings. The molecule has 4 rings (SSSR count). The predicted octanol–water partition coefficient (Wildman–Crippen LogP) is 6.05. The number of aromatic nitrogens is 1. The van der Waals surface area contributed by atoms with Gasteiger partial charge >= 0.3 is 0 Å². The number of amides is 1. The molecule has 0 unspecified atom stereocenters. The molecule has 0 radical (unpaired) electrons. The molecule has 0 bridgehead atoms. The van der Waals surface area contributed by atoms with Crippen molar-refractivity contribution in [1.82, 2.24) is 4.98 Å². The number of hydrogen-bond donors (Lipinski definition) is 3. The van der Waals surface area contributed by atoms with Gasteiger partial charge in [-0.25, -0.2) is 4.98 Å². The summed E-state index contributed by atoms with van der Waals surface area (Å²) in [7, 11) is 0. The Hall–Kier alpha value is -3.38. The zero-order valence-corrected chi connectivity index (χ0v) is 16.4. The molecular weight excluding hydrogens is 368 g/mol. The van der Waals surface area contributed by atoms with Crippen LogP contribution in [0, 0.1) is 6.92 Å². The number of aryl methyl sites for hydroxylation is 1. The van der Waals surface area contributed by atoms with E-state index in [0.717, 1.165) is 39.3 Å². The molecule has 140 valence electrons. The van der Waals surface area contributed by atoms with Gasteiger partial charge in [0.05, 0.1) is 0 Å². The van der Waals surface area contributed by atoms with Crippen LogP contribution in [0.25, 0.3) is 10.8 Å².